The maximum absolute atomic E-state index is 13.6. The van der Waals surface area contributed by atoms with Crippen molar-refractivity contribution in [2.75, 3.05) is 19.6 Å². The van der Waals surface area contributed by atoms with Gasteiger partial charge in [0.25, 0.3) is 5.91 Å². The van der Waals surface area contributed by atoms with E-state index in [0.29, 0.717) is 23.1 Å². The van der Waals surface area contributed by atoms with Crippen LogP contribution in [0.15, 0.2) is 36.4 Å². The molecule has 0 heterocycles. The molecule has 12 heteroatoms. The highest BCUT2D eigenvalue weighted by molar-refractivity contribution is 6.36. The van der Waals surface area contributed by atoms with Gasteiger partial charge in [0.05, 0.1) is 16.0 Å². The summed E-state index contributed by atoms with van der Waals surface area (Å²) in [5.41, 5.74) is 1.03. The Kier molecular flexibility index (Phi) is 9.82. The van der Waals surface area contributed by atoms with Crippen molar-refractivity contribution < 1.29 is 27.2 Å². The maximum atomic E-state index is 13.6. The summed E-state index contributed by atoms with van der Waals surface area (Å²) >= 11 is 11.3. The van der Waals surface area contributed by atoms with Crippen LogP contribution in [0, 0.1) is 5.82 Å². The van der Waals surface area contributed by atoms with Crippen molar-refractivity contribution in [1.82, 2.24) is 16.0 Å². The molecule has 0 aliphatic carbocycles. The van der Waals surface area contributed by atoms with Crippen molar-refractivity contribution >= 4 is 54.5 Å². The summed E-state index contributed by atoms with van der Waals surface area (Å²) in [7, 11) is 1.65. The third-order valence-electron chi connectivity index (χ3n) is 4.73. The molecular weight excluding hydrogens is 496 g/mol. The van der Waals surface area contributed by atoms with Gasteiger partial charge in [0, 0.05) is 25.2 Å². The summed E-state index contributed by atoms with van der Waals surface area (Å²) in [6.07, 6.45) is -2.49. The summed E-state index contributed by atoms with van der Waals surface area (Å²) in [6.45, 7) is 2.69. The maximum Gasteiger partial charge on any atom is 0.399 e. The minimum absolute atomic E-state index is 0.202. The Morgan fingerprint density at radius 2 is 1.68 bits per heavy atom. The molecule has 3 N–H and O–H groups in total. The van der Waals surface area contributed by atoms with Gasteiger partial charge in [0.15, 0.2) is 5.82 Å². The lowest BCUT2D eigenvalue weighted by atomic mass is 9.88. The highest BCUT2D eigenvalue weighted by Crippen LogP contribution is 2.39. The first kappa shape index (κ1) is 27.5. The molecule has 0 aliphatic heterocycles. The molecule has 0 fully saturated rings. The van der Waals surface area contributed by atoms with Gasteiger partial charge in [-0.05, 0) is 36.2 Å². The number of benzene rings is 2. The summed E-state index contributed by atoms with van der Waals surface area (Å²) < 4.78 is 54.6. The van der Waals surface area contributed by atoms with E-state index in [2.05, 4.69) is 16.0 Å². The van der Waals surface area contributed by atoms with Crippen LogP contribution in [0.5, 0.6) is 0 Å². The monoisotopic (exact) mass is 517 g/mol. The zero-order chi connectivity index (χ0) is 25.5. The lowest BCUT2D eigenvalue weighted by Crippen LogP contribution is -2.40. The third kappa shape index (κ3) is 7.67. The summed E-state index contributed by atoms with van der Waals surface area (Å²) in [6, 6.07) is 6.01. The largest absolute Gasteiger partial charge is 0.399 e. The number of amides is 3. The van der Waals surface area contributed by atoms with Crippen LogP contribution in [-0.4, -0.2) is 45.6 Å². The van der Waals surface area contributed by atoms with E-state index >= 15 is 0 Å². The molecule has 34 heavy (non-hydrogen) atoms. The van der Waals surface area contributed by atoms with Crippen LogP contribution in [0.2, 0.25) is 10.0 Å². The van der Waals surface area contributed by atoms with E-state index in [1.165, 1.54) is 18.2 Å². The average molecular weight is 518 g/mol. The second kappa shape index (κ2) is 12.1. The molecule has 0 aromatic heterocycles. The molecule has 0 spiro atoms. The summed E-state index contributed by atoms with van der Waals surface area (Å²) in [5.74, 6) is -3.43. The molecule has 0 radical (unpaired) electrons. The summed E-state index contributed by atoms with van der Waals surface area (Å²) in [4.78, 5) is 23.7. The van der Waals surface area contributed by atoms with E-state index < -0.39 is 28.0 Å². The van der Waals surface area contributed by atoms with Crippen LogP contribution < -0.4 is 21.4 Å². The highest BCUT2D eigenvalue weighted by Gasteiger charge is 2.39. The Balaban J connectivity index is 2.12. The van der Waals surface area contributed by atoms with Gasteiger partial charge in [-0.1, -0.05) is 52.9 Å². The Bertz CT molecular complexity index is 1060. The average Bonchev–Trinajstić information content (AvgIpc) is 2.74. The smallest absolute Gasteiger partial charge is 0.350 e. The molecule has 0 saturated heterocycles. The minimum Gasteiger partial charge on any atom is -0.350 e. The topological polar surface area (TPSA) is 70.2 Å². The van der Waals surface area contributed by atoms with Gasteiger partial charge < -0.3 is 16.0 Å². The molecule has 2 aromatic carbocycles. The zero-order valence-corrected chi connectivity index (χ0v) is 19.8. The van der Waals surface area contributed by atoms with Crippen LogP contribution in [0.4, 0.5) is 22.4 Å². The van der Waals surface area contributed by atoms with E-state index in [1.54, 1.807) is 20.8 Å². The van der Waals surface area contributed by atoms with Gasteiger partial charge in [-0.2, -0.15) is 13.2 Å². The van der Waals surface area contributed by atoms with E-state index in [1.807, 2.05) is 0 Å². The van der Waals surface area contributed by atoms with Crippen molar-refractivity contribution in [3.05, 3.63) is 69.0 Å². The number of allylic oxidation sites excluding steroid dienone is 1. The van der Waals surface area contributed by atoms with E-state index in [4.69, 9.17) is 23.2 Å². The van der Waals surface area contributed by atoms with Gasteiger partial charge in [0.2, 0.25) is 0 Å². The van der Waals surface area contributed by atoms with Gasteiger partial charge in [0.1, 0.15) is 7.85 Å². The normalized spacial score (nSPS) is 12.4. The fraction of sp³-hybridized carbons (Fsp3) is 0.273. The lowest BCUT2D eigenvalue weighted by molar-refractivity contribution is -0.139. The minimum atomic E-state index is -4.67. The predicted molar refractivity (Wildman–Crippen MR) is 128 cm³/mol. The first-order chi connectivity index (χ1) is 15.9. The number of carbonyl (C=O) groups excluding carboxylic acids is 2. The molecule has 0 bridgehead atoms. The van der Waals surface area contributed by atoms with Crippen LogP contribution in [-0.2, 0) is 0 Å². The fourth-order valence-corrected chi connectivity index (χ4v) is 3.59. The first-order valence-electron chi connectivity index (χ1n) is 10.2. The molecule has 2 rings (SSSR count). The van der Waals surface area contributed by atoms with Crippen molar-refractivity contribution in [2.45, 2.75) is 19.0 Å². The molecule has 1 unspecified atom stereocenters. The Morgan fingerprint density at radius 1 is 1.06 bits per heavy atom. The SMILES string of the molecule is Bc1cc(/C=C/C(c2cc(Cl)c(F)c(Cl)c2)C(F)(F)F)ccc1C(=O)NCCNC(=O)NCC. The van der Waals surface area contributed by atoms with E-state index in [-0.39, 0.29) is 30.6 Å². The number of urea groups is 1. The van der Waals surface area contributed by atoms with E-state index in [0.717, 1.165) is 18.2 Å². The predicted octanol–water partition coefficient (Wildman–Crippen LogP) is 3.80. The lowest BCUT2D eigenvalue weighted by Gasteiger charge is -2.18. The Hall–Kier alpha value is -2.72. The second-order valence-corrected chi connectivity index (χ2v) is 8.11. The van der Waals surface area contributed by atoms with E-state index in [9.17, 15) is 27.2 Å². The van der Waals surface area contributed by atoms with Gasteiger partial charge in [-0.25, -0.2) is 9.18 Å². The fourth-order valence-electron chi connectivity index (χ4n) is 3.09. The molecule has 1 atom stereocenters. The molecule has 182 valence electrons. The standard InChI is InChI=1S/C22H22BCl2F4N3O2/c1-2-30-21(34)32-8-7-31-20(33)14-5-3-12(9-16(14)23)4-6-15(22(27,28)29)13-10-17(24)19(26)18(25)11-13/h3-6,9-11,15H,2,7-8,23H2,1H3,(H,31,33)(H2,30,32,34)/b6-4+. The number of halogens is 6. The van der Waals surface area contributed by atoms with Crippen molar-refractivity contribution in [3.8, 4) is 0 Å². The quantitative estimate of drug-likeness (QED) is 0.216. The number of hydrogen-bond acceptors (Lipinski definition) is 2. The Labute approximate surface area is 205 Å². The molecule has 3 amide bonds. The molecule has 5 nitrogen and oxygen atoms in total. The van der Waals surface area contributed by atoms with Crippen molar-refractivity contribution in [2.24, 2.45) is 0 Å². The molecule has 0 aliphatic rings. The first-order valence-corrected chi connectivity index (χ1v) is 11.0. The van der Waals surface area contributed by atoms with Crippen LogP contribution >= 0.6 is 23.2 Å². The van der Waals surface area contributed by atoms with Crippen molar-refractivity contribution in [3.63, 3.8) is 0 Å². The highest BCUT2D eigenvalue weighted by atomic mass is 35.5. The molecule has 0 saturated carbocycles. The van der Waals surface area contributed by atoms with Crippen LogP contribution in [0.1, 0.15) is 34.3 Å². The number of carbonyl (C=O) groups is 2. The van der Waals surface area contributed by atoms with Gasteiger partial charge in [-0.3, -0.25) is 4.79 Å². The second-order valence-electron chi connectivity index (χ2n) is 7.29. The molecule has 2 aromatic rings. The number of alkyl halides is 3. The number of hydrogen-bond donors (Lipinski definition) is 3. The number of rotatable bonds is 8. The van der Waals surface area contributed by atoms with Crippen molar-refractivity contribution in [1.29, 1.82) is 0 Å². The zero-order valence-electron chi connectivity index (χ0n) is 18.3. The molecular formula is C22H22BCl2F4N3O2. The van der Waals surface area contributed by atoms with Crippen LogP contribution in [0.25, 0.3) is 6.08 Å². The Morgan fingerprint density at radius 3 is 2.24 bits per heavy atom. The third-order valence-corrected chi connectivity index (χ3v) is 5.28. The van der Waals surface area contributed by atoms with Gasteiger partial charge >= 0.3 is 12.2 Å². The van der Waals surface area contributed by atoms with Crippen LogP contribution in [0.3, 0.4) is 0 Å². The van der Waals surface area contributed by atoms with Gasteiger partial charge in [-0.15, -0.1) is 0 Å². The summed E-state index contributed by atoms with van der Waals surface area (Å²) in [5, 5.41) is 6.79. The number of nitrogens with one attached hydrogen (secondary N) is 3.